The van der Waals surface area contributed by atoms with Gasteiger partial charge in [-0.25, -0.2) is 0 Å². The SMILES string of the molecule is CCCCP(O)(O)(O)C(CCC)CCC. The molecule has 0 bridgehead atoms. The summed E-state index contributed by atoms with van der Waals surface area (Å²) in [5, 5.41) is 0. The first kappa shape index (κ1) is 15.3. The molecule has 0 aromatic rings. The van der Waals surface area contributed by atoms with Crippen molar-refractivity contribution >= 4 is 7.28 Å². The van der Waals surface area contributed by atoms with E-state index in [0.29, 0.717) is 19.3 Å². The summed E-state index contributed by atoms with van der Waals surface area (Å²) in [5.41, 5.74) is -0.308. The maximum absolute atomic E-state index is 10.1. The molecular weight excluding hydrogens is 211 g/mol. The number of rotatable bonds is 8. The molecule has 0 rings (SSSR count). The second-order valence-corrected chi connectivity index (χ2v) is 8.15. The van der Waals surface area contributed by atoms with Crippen LogP contribution in [0.1, 0.15) is 59.3 Å². The van der Waals surface area contributed by atoms with Gasteiger partial charge in [-0.15, -0.1) is 0 Å². The van der Waals surface area contributed by atoms with E-state index in [1.165, 1.54) is 0 Å². The summed E-state index contributed by atoms with van der Waals surface area (Å²) < 4.78 is 0. The standard InChI is InChI=1S/C11H27O3P/c1-4-7-10-15(12,13,14)11(8-5-2)9-6-3/h11-14H,4-10H2,1-3H3. The second kappa shape index (κ2) is 6.15. The molecule has 0 unspecified atom stereocenters. The third kappa shape index (κ3) is 5.26. The molecule has 0 fully saturated rings. The van der Waals surface area contributed by atoms with Crippen LogP contribution in [0.15, 0.2) is 0 Å². The predicted molar refractivity (Wildman–Crippen MR) is 67.0 cm³/mol. The van der Waals surface area contributed by atoms with E-state index in [4.69, 9.17) is 0 Å². The molecular formula is C11H27O3P. The van der Waals surface area contributed by atoms with Crippen LogP contribution in [0.2, 0.25) is 0 Å². The van der Waals surface area contributed by atoms with Crippen LogP contribution in [0.3, 0.4) is 0 Å². The van der Waals surface area contributed by atoms with Crippen molar-refractivity contribution in [3.8, 4) is 0 Å². The summed E-state index contributed by atoms with van der Waals surface area (Å²) in [4.78, 5) is 30.2. The van der Waals surface area contributed by atoms with Gasteiger partial charge in [0.2, 0.25) is 0 Å². The van der Waals surface area contributed by atoms with Crippen molar-refractivity contribution in [2.75, 3.05) is 6.16 Å². The van der Waals surface area contributed by atoms with Gasteiger partial charge in [-0.2, -0.15) is 0 Å². The Morgan fingerprint density at radius 2 is 1.33 bits per heavy atom. The van der Waals surface area contributed by atoms with Crippen LogP contribution in [0.4, 0.5) is 0 Å². The average molecular weight is 238 g/mol. The van der Waals surface area contributed by atoms with Gasteiger partial charge in [0.05, 0.1) is 0 Å². The van der Waals surface area contributed by atoms with Gasteiger partial charge in [-0.3, -0.25) is 0 Å². The number of unbranched alkanes of at least 4 members (excludes halogenated alkanes) is 1. The Balaban J connectivity index is 4.55. The molecule has 0 atom stereocenters. The molecule has 0 saturated carbocycles. The van der Waals surface area contributed by atoms with Crippen molar-refractivity contribution in [1.82, 2.24) is 0 Å². The van der Waals surface area contributed by atoms with Crippen molar-refractivity contribution in [2.45, 2.75) is 65.0 Å². The molecule has 0 aliphatic heterocycles. The minimum atomic E-state index is -4.37. The fraction of sp³-hybridized carbons (Fsp3) is 1.00. The third-order valence-electron chi connectivity index (χ3n) is 2.93. The van der Waals surface area contributed by atoms with E-state index in [2.05, 4.69) is 0 Å². The van der Waals surface area contributed by atoms with Crippen molar-refractivity contribution in [1.29, 1.82) is 0 Å². The van der Waals surface area contributed by atoms with Crippen LogP contribution in [-0.4, -0.2) is 26.5 Å². The Labute approximate surface area is 93.7 Å². The van der Waals surface area contributed by atoms with E-state index < -0.39 is 7.28 Å². The Kier molecular flexibility index (Phi) is 6.27. The first-order valence-electron chi connectivity index (χ1n) is 6.11. The van der Waals surface area contributed by atoms with Gasteiger partial charge >= 0.3 is 93.1 Å². The van der Waals surface area contributed by atoms with Crippen molar-refractivity contribution in [3.05, 3.63) is 0 Å². The molecule has 0 heterocycles. The summed E-state index contributed by atoms with van der Waals surface area (Å²) in [6.45, 7) is 6.01. The molecule has 0 radical (unpaired) electrons. The van der Waals surface area contributed by atoms with Crippen molar-refractivity contribution < 1.29 is 14.7 Å². The fourth-order valence-electron chi connectivity index (χ4n) is 1.98. The summed E-state index contributed by atoms with van der Waals surface area (Å²) >= 11 is 0. The fourth-order valence-corrected chi connectivity index (χ4v) is 4.85. The molecule has 15 heavy (non-hydrogen) atoms. The Bertz CT molecular complexity index is 168. The Hall–Kier alpha value is 0.310. The van der Waals surface area contributed by atoms with Gasteiger partial charge in [0, 0.05) is 0 Å². The summed E-state index contributed by atoms with van der Waals surface area (Å²) in [7, 11) is -4.37. The molecule has 0 spiro atoms. The van der Waals surface area contributed by atoms with E-state index in [0.717, 1.165) is 19.3 Å². The van der Waals surface area contributed by atoms with Crippen LogP contribution in [-0.2, 0) is 0 Å². The van der Waals surface area contributed by atoms with Gasteiger partial charge in [0.15, 0.2) is 0 Å². The van der Waals surface area contributed by atoms with Crippen LogP contribution in [0.25, 0.3) is 0 Å². The van der Waals surface area contributed by atoms with E-state index in [-0.39, 0.29) is 11.8 Å². The third-order valence-corrected chi connectivity index (χ3v) is 6.12. The van der Waals surface area contributed by atoms with Crippen molar-refractivity contribution in [3.63, 3.8) is 0 Å². The van der Waals surface area contributed by atoms with Crippen molar-refractivity contribution in [2.24, 2.45) is 0 Å². The first-order valence-corrected chi connectivity index (χ1v) is 8.46. The summed E-state index contributed by atoms with van der Waals surface area (Å²) in [6, 6.07) is 0. The summed E-state index contributed by atoms with van der Waals surface area (Å²) in [6.07, 6.45) is 4.92. The van der Waals surface area contributed by atoms with E-state index in [1.54, 1.807) is 0 Å². The quantitative estimate of drug-likeness (QED) is 0.570. The van der Waals surface area contributed by atoms with E-state index in [9.17, 15) is 14.7 Å². The Morgan fingerprint density at radius 1 is 0.867 bits per heavy atom. The average Bonchev–Trinajstić information content (AvgIpc) is 2.14. The van der Waals surface area contributed by atoms with Gasteiger partial charge < -0.3 is 0 Å². The molecule has 3 nitrogen and oxygen atoms in total. The van der Waals surface area contributed by atoms with E-state index in [1.807, 2.05) is 20.8 Å². The molecule has 3 N–H and O–H groups in total. The van der Waals surface area contributed by atoms with Gasteiger partial charge in [0.25, 0.3) is 0 Å². The monoisotopic (exact) mass is 238 g/mol. The Morgan fingerprint density at radius 3 is 1.67 bits per heavy atom. The maximum atomic E-state index is 10.1. The second-order valence-electron chi connectivity index (χ2n) is 4.53. The minimum absolute atomic E-state index is 0.173. The normalized spacial score (nSPS) is 15.3. The zero-order valence-electron chi connectivity index (χ0n) is 10.3. The molecule has 0 amide bonds. The predicted octanol–water partition coefficient (Wildman–Crippen LogP) is 3.03. The molecule has 0 aliphatic rings. The number of hydrogen-bond donors (Lipinski definition) is 3. The summed E-state index contributed by atoms with van der Waals surface area (Å²) in [5.74, 6) is 0. The molecule has 0 aromatic heterocycles. The van der Waals surface area contributed by atoms with Crippen LogP contribution in [0, 0.1) is 0 Å². The van der Waals surface area contributed by atoms with Gasteiger partial charge in [-0.1, -0.05) is 0 Å². The van der Waals surface area contributed by atoms with Crippen LogP contribution >= 0.6 is 7.28 Å². The molecule has 0 aliphatic carbocycles. The number of hydrogen-bond acceptors (Lipinski definition) is 3. The van der Waals surface area contributed by atoms with Crippen LogP contribution < -0.4 is 0 Å². The first-order chi connectivity index (χ1) is 6.85. The molecule has 0 aromatic carbocycles. The van der Waals surface area contributed by atoms with E-state index >= 15 is 0 Å². The van der Waals surface area contributed by atoms with Crippen LogP contribution in [0.5, 0.6) is 0 Å². The molecule has 0 saturated heterocycles. The zero-order valence-corrected chi connectivity index (χ0v) is 11.2. The molecule has 94 valence electrons. The molecule has 4 heteroatoms. The zero-order chi connectivity index (χ0) is 12.0. The van der Waals surface area contributed by atoms with Gasteiger partial charge in [0.1, 0.15) is 0 Å². The van der Waals surface area contributed by atoms with Gasteiger partial charge in [-0.05, 0) is 0 Å². The topological polar surface area (TPSA) is 60.7 Å².